The molecule has 0 spiro atoms. The average Bonchev–Trinajstić information content (AvgIpc) is 2.88. The normalized spacial score (nSPS) is 21.3. The second kappa shape index (κ2) is 7.23. The van der Waals surface area contributed by atoms with Gasteiger partial charge < -0.3 is 21.1 Å². The van der Waals surface area contributed by atoms with E-state index < -0.39 is 24.0 Å². The van der Waals surface area contributed by atoms with Crippen LogP contribution in [0.15, 0.2) is 0 Å². The first-order chi connectivity index (χ1) is 9.32. The van der Waals surface area contributed by atoms with Crippen molar-refractivity contribution in [3.63, 3.8) is 0 Å². The molecule has 0 aromatic rings. The van der Waals surface area contributed by atoms with Crippen LogP contribution in [0.1, 0.15) is 33.6 Å². The minimum absolute atomic E-state index is 0.124. The monoisotopic (exact) mass is 285 g/mol. The van der Waals surface area contributed by atoms with Crippen molar-refractivity contribution < 1.29 is 19.5 Å². The highest BCUT2D eigenvalue weighted by Crippen LogP contribution is 2.08. The van der Waals surface area contributed by atoms with Gasteiger partial charge in [0.1, 0.15) is 12.1 Å². The van der Waals surface area contributed by atoms with Gasteiger partial charge in [-0.05, 0) is 32.2 Å². The van der Waals surface area contributed by atoms with Gasteiger partial charge in [-0.25, -0.2) is 0 Å². The van der Waals surface area contributed by atoms with E-state index in [1.807, 2.05) is 0 Å². The first kappa shape index (κ1) is 16.4. The maximum Gasteiger partial charge on any atom is 0.325 e. The van der Waals surface area contributed by atoms with E-state index in [1.165, 1.54) is 6.92 Å². The van der Waals surface area contributed by atoms with Crippen molar-refractivity contribution in [3.05, 3.63) is 0 Å². The summed E-state index contributed by atoms with van der Waals surface area (Å²) in [6, 6.07) is -1.97. The van der Waals surface area contributed by atoms with Gasteiger partial charge in [0.2, 0.25) is 11.8 Å². The number of carboxylic acid groups (broad SMARTS) is 1. The van der Waals surface area contributed by atoms with Crippen LogP contribution in [0.4, 0.5) is 0 Å². The lowest BCUT2D eigenvalue weighted by molar-refractivity contribution is -0.142. The third-order valence-electron chi connectivity index (χ3n) is 3.35. The molecule has 2 amide bonds. The second-order valence-electron chi connectivity index (χ2n) is 5.45. The Bertz CT molecular complexity index is 378. The summed E-state index contributed by atoms with van der Waals surface area (Å²) in [4.78, 5) is 34.8. The van der Waals surface area contributed by atoms with Gasteiger partial charge in [-0.3, -0.25) is 14.4 Å². The highest BCUT2D eigenvalue weighted by molar-refractivity contribution is 5.91. The van der Waals surface area contributed by atoms with Crippen LogP contribution in [0.25, 0.3) is 0 Å². The molecular weight excluding hydrogens is 262 g/mol. The van der Waals surface area contributed by atoms with Gasteiger partial charge in [0.25, 0.3) is 0 Å². The molecule has 7 nitrogen and oxygen atoms in total. The number of carbonyl (C=O) groups excluding carboxylic acids is 2. The molecule has 4 N–H and O–H groups in total. The van der Waals surface area contributed by atoms with E-state index in [0.29, 0.717) is 0 Å². The van der Waals surface area contributed by atoms with Crippen molar-refractivity contribution in [2.45, 2.75) is 51.7 Å². The molecule has 3 unspecified atom stereocenters. The van der Waals surface area contributed by atoms with Crippen molar-refractivity contribution in [2.75, 3.05) is 6.54 Å². The Kier molecular flexibility index (Phi) is 5.94. The van der Waals surface area contributed by atoms with Gasteiger partial charge >= 0.3 is 5.97 Å². The smallest absolute Gasteiger partial charge is 0.325 e. The number of amides is 2. The molecule has 0 saturated carbocycles. The molecular formula is C13H23N3O4. The van der Waals surface area contributed by atoms with Crippen LogP contribution in [0, 0.1) is 5.92 Å². The second-order valence-corrected chi connectivity index (χ2v) is 5.45. The molecule has 1 rings (SSSR count). The molecule has 7 heteroatoms. The highest BCUT2D eigenvalue weighted by Gasteiger charge is 2.30. The predicted octanol–water partition coefficient (Wildman–Crippen LogP) is -0.531. The van der Waals surface area contributed by atoms with E-state index in [4.69, 9.17) is 5.11 Å². The van der Waals surface area contributed by atoms with Crippen molar-refractivity contribution in [1.82, 2.24) is 16.0 Å². The highest BCUT2D eigenvalue weighted by atomic mass is 16.4. The fraction of sp³-hybridized carbons (Fsp3) is 0.769. The van der Waals surface area contributed by atoms with Crippen molar-refractivity contribution in [1.29, 1.82) is 0 Å². The molecule has 20 heavy (non-hydrogen) atoms. The zero-order valence-corrected chi connectivity index (χ0v) is 12.1. The fourth-order valence-electron chi connectivity index (χ4n) is 2.06. The summed E-state index contributed by atoms with van der Waals surface area (Å²) in [6.07, 6.45) is 1.69. The number of carboxylic acids is 1. The Balaban J connectivity index is 2.61. The summed E-state index contributed by atoms with van der Waals surface area (Å²) in [7, 11) is 0. The van der Waals surface area contributed by atoms with Crippen LogP contribution in [0.5, 0.6) is 0 Å². The number of hydrogen-bond acceptors (Lipinski definition) is 4. The summed E-state index contributed by atoms with van der Waals surface area (Å²) in [5.41, 5.74) is 0. The van der Waals surface area contributed by atoms with Gasteiger partial charge in [0, 0.05) is 0 Å². The molecule has 1 aliphatic heterocycles. The SMILES string of the molecule is CC(NC(=O)C(NC(=O)C1CCCN1)C(C)C)C(=O)O. The number of nitrogens with one attached hydrogen (secondary N) is 3. The zero-order valence-electron chi connectivity index (χ0n) is 12.1. The van der Waals surface area contributed by atoms with Crippen molar-refractivity contribution in [2.24, 2.45) is 5.92 Å². The van der Waals surface area contributed by atoms with E-state index in [2.05, 4.69) is 16.0 Å². The zero-order chi connectivity index (χ0) is 15.3. The van der Waals surface area contributed by atoms with Crippen LogP contribution < -0.4 is 16.0 Å². The maximum atomic E-state index is 12.0. The third-order valence-corrected chi connectivity index (χ3v) is 3.35. The lowest BCUT2D eigenvalue weighted by Gasteiger charge is -2.24. The fourth-order valence-corrected chi connectivity index (χ4v) is 2.06. The molecule has 114 valence electrons. The minimum atomic E-state index is -1.11. The summed E-state index contributed by atoms with van der Waals surface area (Å²) in [6.45, 7) is 5.79. The van der Waals surface area contributed by atoms with Gasteiger partial charge in [-0.2, -0.15) is 0 Å². The van der Waals surface area contributed by atoms with Crippen LogP contribution in [-0.2, 0) is 14.4 Å². The summed E-state index contributed by atoms with van der Waals surface area (Å²) < 4.78 is 0. The Morgan fingerprint density at radius 3 is 2.30 bits per heavy atom. The van der Waals surface area contributed by atoms with E-state index in [-0.39, 0.29) is 17.9 Å². The summed E-state index contributed by atoms with van der Waals surface area (Å²) >= 11 is 0. The summed E-state index contributed by atoms with van der Waals surface area (Å²) in [5.74, 6) is -1.91. The maximum absolute atomic E-state index is 12.0. The average molecular weight is 285 g/mol. The number of carbonyl (C=O) groups is 3. The molecule has 3 atom stereocenters. The molecule has 1 heterocycles. The molecule has 0 aromatic heterocycles. The molecule has 0 bridgehead atoms. The lowest BCUT2D eigenvalue weighted by atomic mass is 10.0. The lowest BCUT2D eigenvalue weighted by Crippen LogP contribution is -2.55. The van der Waals surface area contributed by atoms with Crippen LogP contribution in [0.3, 0.4) is 0 Å². The van der Waals surface area contributed by atoms with Gasteiger partial charge in [-0.15, -0.1) is 0 Å². The quantitative estimate of drug-likeness (QED) is 0.525. The Hall–Kier alpha value is -1.63. The Morgan fingerprint density at radius 1 is 1.20 bits per heavy atom. The van der Waals surface area contributed by atoms with Gasteiger partial charge in [0.05, 0.1) is 6.04 Å². The molecule has 1 saturated heterocycles. The van der Waals surface area contributed by atoms with E-state index in [0.717, 1.165) is 19.4 Å². The van der Waals surface area contributed by atoms with Gasteiger partial charge in [0.15, 0.2) is 0 Å². The van der Waals surface area contributed by atoms with Crippen molar-refractivity contribution in [3.8, 4) is 0 Å². The topological polar surface area (TPSA) is 108 Å². The number of aliphatic carboxylic acids is 1. The van der Waals surface area contributed by atoms with E-state index in [1.54, 1.807) is 13.8 Å². The Morgan fingerprint density at radius 2 is 1.85 bits per heavy atom. The van der Waals surface area contributed by atoms with Crippen LogP contribution >= 0.6 is 0 Å². The van der Waals surface area contributed by atoms with Crippen molar-refractivity contribution >= 4 is 17.8 Å². The molecule has 1 fully saturated rings. The van der Waals surface area contributed by atoms with Crippen LogP contribution in [-0.4, -0.2) is 47.6 Å². The molecule has 0 radical (unpaired) electrons. The predicted molar refractivity (Wildman–Crippen MR) is 73.0 cm³/mol. The summed E-state index contributed by atoms with van der Waals surface area (Å²) in [5, 5.41) is 16.9. The molecule has 1 aliphatic rings. The number of rotatable bonds is 6. The first-order valence-corrected chi connectivity index (χ1v) is 6.90. The Labute approximate surface area is 118 Å². The molecule has 0 aromatic carbocycles. The minimum Gasteiger partial charge on any atom is -0.480 e. The largest absolute Gasteiger partial charge is 0.480 e. The number of hydrogen-bond donors (Lipinski definition) is 4. The first-order valence-electron chi connectivity index (χ1n) is 6.90. The van der Waals surface area contributed by atoms with Gasteiger partial charge in [-0.1, -0.05) is 13.8 Å². The van der Waals surface area contributed by atoms with E-state index in [9.17, 15) is 14.4 Å². The standard InChI is InChI=1S/C13H23N3O4/c1-7(2)10(12(18)15-8(3)13(19)20)16-11(17)9-5-4-6-14-9/h7-10,14H,4-6H2,1-3H3,(H,15,18)(H,16,17)(H,19,20). The van der Waals surface area contributed by atoms with Crippen LogP contribution in [0.2, 0.25) is 0 Å². The third kappa shape index (κ3) is 4.48. The van der Waals surface area contributed by atoms with E-state index >= 15 is 0 Å². The molecule has 0 aliphatic carbocycles.